The molecule has 1 N–H and O–H groups in total. The van der Waals surface area contributed by atoms with Crippen molar-refractivity contribution in [3.05, 3.63) is 35.4 Å². The van der Waals surface area contributed by atoms with Gasteiger partial charge in [-0.05, 0) is 42.9 Å². The molecular formula is C15H23N. The van der Waals surface area contributed by atoms with Crippen LogP contribution >= 0.6 is 0 Å². The molecule has 16 heavy (non-hydrogen) atoms. The summed E-state index contributed by atoms with van der Waals surface area (Å²) in [5.74, 6) is 0.833. The lowest BCUT2D eigenvalue weighted by atomic mass is 9.77. The molecule has 0 heterocycles. The van der Waals surface area contributed by atoms with Gasteiger partial charge in [0.05, 0.1) is 0 Å². The predicted molar refractivity (Wildman–Crippen MR) is 69.6 cm³/mol. The second-order valence-corrected chi connectivity index (χ2v) is 4.82. The second-order valence-electron chi connectivity index (χ2n) is 4.82. The number of fused-ring (bicyclic) bond motifs is 1. The fourth-order valence-electron chi connectivity index (χ4n) is 3.01. The summed E-state index contributed by atoms with van der Waals surface area (Å²) < 4.78 is 0. The van der Waals surface area contributed by atoms with Gasteiger partial charge in [-0.25, -0.2) is 0 Å². The van der Waals surface area contributed by atoms with Crippen molar-refractivity contribution >= 4 is 0 Å². The second kappa shape index (κ2) is 5.49. The highest BCUT2D eigenvalue weighted by Crippen LogP contribution is 2.36. The van der Waals surface area contributed by atoms with Crippen molar-refractivity contribution in [1.82, 2.24) is 5.32 Å². The third kappa shape index (κ3) is 2.30. The van der Waals surface area contributed by atoms with Crippen LogP contribution in [0.25, 0.3) is 0 Å². The van der Waals surface area contributed by atoms with Crippen molar-refractivity contribution in [3.8, 4) is 0 Å². The highest BCUT2D eigenvalue weighted by Gasteiger charge is 2.27. The van der Waals surface area contributed by atoms with Gasteiger partial charge in [0.15, 0.2) is 0 Å². The van der Waals surface area contributed by atoms with E-state index in [1.165, 1.54) is 25.7 Å². The Labute approximate surface area is 99.3 Å². The number of rotatable bonds is 4. The summed E-state index contributed by atoms with van der Waals surface area (Å²) in [6.45, 7) is 5.57. The maximum atomic E-state index is 3.68. The van der Waals surface area contributed by atoms with Gasteiger partial charge in [0.2, 0.25) is 0 Å². The molecule has 2 atom stereocenters. The summed E-state index contributed by atoms with van der Waals surface area (Å²) in [6, 6.07) is 9.54. The molecule has 2 unspecified atom stereocenters. The lowest BCUT2D eigenvalue weighted by molar-refractivity contribution is 0.305. The lowest BCUT2D eigenvalue weighted by Gasteiger charge is -2.34. The van der Waals surface area contributed by atoms with E-state index < -0.39 is 0 Å². The zero-order chi connectivity index (χ0) is 11.4. The Kier molecular flexibility index (Phi) is 4.00. The average Bonchev–Trinajstić information content (AvgIpc) is 2.32. The summed E-state index contributed by atoms with van der Waals surface area (Å²) in [5, 5.41) is 3.68. The van der Waals surface area contributed by atoms with Crippen LogP contribution in [0.15, 0.2) is 24.3 Å². The van der Waals surface area contributed by atoms with Gasteiger partial charge in [-0.3, -0.25) is 0 Å². The number of hydrogen-bond donors (Lipinski definition) is 1. The fourth-order valence-corrected chi connectivity index (χ4v) is 3.01. The quantitative estimate of drug-likeness (QED) is 0.811. The predicted octanol–water partition coefficient (Wildman–Crippen LogP) is 3.70. The van der Waals surface area contributed by atoms with Crippen LogP contribution in [-0.4, -0.2) is 6.54 Å². The first-order chi connectivity index (χ1) is 7.86. The minimum atomic E-state index is 0.592. The van der Waals surface area contributed by atoms with Crippen molar-refractivity contribution in [2.75, 3.05) is 6.54 Å². The largest absolute Gasteiger partial charge is 0.310 e. The summed E-state index contributed by atoms with van der Waals surface area (Å²) >= 11 is 0. The van der Waals surface area contributed by atoms with Gasteiger partial charge in [0, 0.05) is 6.04 Å². The molecule has 0 spiro atoms. The van der Waals surface area contributed by atoms with Gasteiger partial charge in [-0.15, -0.1) is 0 Å². The zero-order valence-electron chi connectivity index (χ0n) is 10.5. The number of aryl methyl sites for hydroxylation is 1. The monoisotopic (exact) mass is 217 g/mol. The van der Waals surface area contributed by atoms with Crippen molar-refractivity contribution < 1.29 is 0 Å². The zero-order valence-corrected chi connectivity index (χ0v) is 10.5. The van der Waals surface area contributed by atoms with Crippen LogP contribution in [0.1, 0.15) is 50.3 Å². The molecular weight excluding hydrogens is 194 g/mol. The molecule has 1 nitrogen and oxygen atoms in total. The van der Waals surface area contributed by atoms with Crippen LogP contribution < -0.4 is 5.32 Å². The van der Waals surface area contributed by atoms with E-state index >= 15 is 0 Å². The van der Waals surface area contributed by atoms with Gasteiger partial charge in [0.1, 0.15) is 0 Å². The van der Waals surface area contributed by atoms with E-state index in [4.69, 9.17) is 0 Å². The van der Waals surface area contributed by atoms with Crippen LogP contribution in [0, 0.1) is 5.92 Å². The summed E-state index contributed by atoms with van der Waals surface area (Å²) in [7, 11) is 0. The summed E-state index contributed by atoms with van der Waals surface area (Å²) in [5.41, 5.74) is 3.11. The first-order valence-corrected chi connectivity index (χ1v) is 6.68. The molecule has 2 rings (SSSR count). The van der Waals surface area contributed by atoms with E-state index in [9.17, 15) is 0 Å². The van der Waals surface area contributed by atoms with E-state index in [1.807, 2.05) is 0 Å². The minimum absolute atomic E-state index is 0.592. The molecule has 0 aliphatic heterocycles. The molecule has 0 radical (unpaired) electrons. The molecule has 88 valence electrons. The molecule has 0 saturated carbocycles. The van der Waals surface area contributed by atoms with Gasteiger partial charge >= 0.3 is 0 Å². The van der Waals surface area contributed by atoms with Crippen molar-refractivity contribution in [3.63, 3.8) is 0 Å². The Morgan fingerprint density at radius 1 is 1.25 bits per heavy atom. The summed E-state index contributed by atoms with van der Waals surface area (Å²) in [6.07, 6.45) is 5.27. The highest BCUT2D eigenvalue weighted by atomic mass is 14.9. The average molecular weight is 217 g/mol. The molecule has 0 fully saturated rings. The van der Waals surface area contributed by atoms with E-state index in [0.717, 1.165) is 12.5 Å². The Hall–Kier alpha value is -0.820. The fraction of sp³-hybridized carbons (Fsp3) is 0.600. The Morgan fingerprint density at radius 2 is 2.06 bits per heavy atom. The van der Waals surface area contributed by atoms with Crippen LogP contribution in [-0.2, 0) is 6.42 Å². The Balaban J connectivity index is 2.24. The first kappa shape index (κ1) is 11.7. The molecule has 1 aliphatic rings. The van der Waals surface area contributed by atoms with E-state index in [-0.39, 0.29) is 0 Å². The van der Waals surface area contributed by atoms with Crippen LogP contribution in [0.4, 0.5) is 0 Å². The van der Waals surface area contributed by atoms with Crippen LogP contribution in [0.3, 0.4) is 0 Å². The Morgan fingerprint density at radius 3 is 2.81 bits per heavy atom. The summed E-state index contributed by atoms with van der Waals surface area (Å²) in [4.78, 5) is 0. The molecule has 1 aromatic carbocycles. The van der Waals surface area contributed by atoms with Crippen molar-refractivity contribution in [2.45, 2.75) is 45.6 Å². The van der Waals surface area contributed by atoms with Gasteiger partial charge in [-0.2, -0.15) is 0 Å². The third-order valence-corrected chi connectivity index (χ3v) is 3.73. The maximum Gasteiger partial charge on any atom is 0.0351 e. The molecule has 0 bridgehead atoms. The standard InChI is InChI=1S/C15H23N/c1-3-7-13-11-10-12-8-5-6-9-14(12)15(13)16-4-2/h5-6,8-9,13,15-16H,3-4,7,10-11H2,1-2H3. The third-order valence-electron chi connectivity index (χ3n) is 3.73. The van der Waals surface area contributed by atoms with Crippen LogP contribution in [0.2, 0.25) is 0 Å². The highest BCUT2D eigenvalue weighted by molar-refractivity contribution is 5.33. The number of benzene rings is 1. The molecule has 0 amide bonds. The normalized spacial score (nSPS) is 24.1. The van der Waals surface area contributed by atoms with Gasteiger partial charge in [0.25, 0.3) is 0 Å². The van der Waals surface area contributed by atoms with Crippen LogP contribution in [0.5, 0.6) is 0 Å². The Bertz CT molecular complexity index is 332. The topological polar surface area (TPSA) is 12.0 Å². The maximum absolute atomic E-state index is 3.68. The molecule has 1 aliphatic carbocycles. The van der Waals surface area contributed by atoms with E-state index in [0.29, 0.717) is 6.04 Å². The molecule has 1 aromatic rings. The van der Waals surface area contributed by atoms with Crippen molar-refractivity contribution in [2.24, 2.45) is 5.92 Å². The van der Waals surface area contributed by atoms with Crippen molar-refractivity contribution in [1.29, 1.82) is 0 Å². The smallest absolute Gasteiger partial charge is 0.0351 e. The number of hydrogen-bond acceptors (Lipinski definition) is 1. The minimum Gasteiger partial charge on any atom is -0.310 e. The molecule has 0 aromatic heterocycles. The SMILES string of the molecule is CCCC1CCc2ccccc2C1NCC. The van der Waals surface area contributed by atoms with E-state index in [1.54, 1.807) is 11.1 Å². The first-order valence-electron chi connectivity index (χ1n) is 6.68. The van der Waals surface area contributed by atoms with E-state index in [2.05, 4.69) is 43.4 Å². The number of nitrogens with one attached hydrogen (secondary N) is 1. The lowest BCUT2D eigenvalue weighted by Crippen LogP contribution is -2.32. The molecule has 0 saturated heterocycles. The van der Waals surface area contributed by atoms with Gasteiger partial charge in [-0.1, -0.05) is 44.5 Å². The molecule has 1 heteroatoms. The van der Waals surface area contributed by atoms with Gasteiger partial charge < -0.3 is 5.32 Å².